The van der Waals surface area contributed by atoms with Crippen LogP contribution in [-0.2, 0) is 0 Å². The smallest absolute Gasteiger partial charge is 0.314 e. The van der Waals surface area contributed by atoms with E-state index in [0.29, 0.717) is 17.3 Å². The van der Waals surface area contributed by atoms with Gasteiger partial charge in [0.1, 0.15) is 0 Å². The summed E-state index contributed by atoms with van der Waals surface area (Å²) in [4.78, 5) is 14.7. The molecule has 0 amide bonds. The topological polar surface area (TPSA) is 80.1 Å². The van der Waals surface area contributed by atoms with Crippen molar-refractivity contribution in [3.63, 3.8) is 0 Å². The zero-order valence-corrected chi connectivity index (χ0v) is 10.5. The lowest BCUT2D eigenvalue weighted by Crippen LogP contribution is -2.31. The first-order valence-electron chi connectivity index (χ1n) is 6.23. The summed E-state index contributed by atoms with van der Waals surface area (Å²) in [5, 5.41) is 17.4. The molecule has 1 saturated heterocycles. The molecule has 2 rings (SSSR count). The van der Waals surface area contributed by atoms with Gasteiger partial charge < -0.3 is 10.6 Å². The van der Waals surface area contributed by atoms with Crippen LogP contribution in [-0.4, -0.2) is 29.5 Å². The number of nitrogens with one attached hydrogen (secondary N) is 2. The second-order valence-corrected chi connectivity index (χ2v) is 4.66. The summed E-state index contributed by atoms with van der Waals surface area (Å²) < 4.78 is 0. The largest absolute Gasteiger partial charge is 0.364 e. The normalized spacial score (nSPS) is 16.5. The Kier molecular flexibility index (Phi) is 4.09. The van der Waals surface area contributed by atoms with Crippen molar-refractivity contribution in [2.75, 3.05) is 25.0 Å². The van der Waals surface area contributed by atoms with E-state index in [1.165, 1.54) is 0 Å². The summed E-state index contributed by atoms with van der Waals surface area (Å²) in [6.45, 7) is 4.53. The highest BCUT2D eigenvalue weighted by molar-refractivity contribution is 5.59. The van der Waals surface area contributed by atoms with Crippen molar-refractivity contribution >= 4 is 11.5 Å². The summed E-state index contributed by atoms with van der Waals surface area (Å²) >= 11 is 0. The zero-order valence-electron chi connectivity index (χ0n) is 10.5. The van der Waals surface area contributed by atoms with Gasteiger partial charge in [0.05, 0.1) is 4.92 Å². The molecule has 0 spiro atoms. The minimum Gasteiger partial charge on any atom is -0.364 e. The van der Waals surface area contributed by atoms with Crippen molar-refractivity contribution in [1.82, 2.24) is 10.3 Å². The van der Waals surface area contributed by atoms with E-state index in [-0.39, 0.29) is 10.6 Å². The molecule has 98 valence electrons. The number of nitro groups is 1. The average molecular weight is 250 g/mol. The highest BCUT2D eigenvalue weighted by Gasteiger charge is 2.20. The van der Waals surface area contributed by atoms with Gasteiger partial charge in [0.2, 0.25) is 5.82 Å². The number of hydrogen-bond acceptors (Lipinski definition) is 5. The molecule has 2 N–H and O–H groups in total. The number of aryl methyl sites for hydroxylation is 1. The van der Waals surface area contributed by atoms with E-state index >= 15 is 0 Å². The van der Waals surface area contributed by atoms with Gasteiger partial charge in [-0.15, -0.1) is 0 Å². The average Bonchev–Trinajstić information content (AvgIpc) is 2.37. The molecule has 1 aromatic rings. The summed E-state index contributed by atoms with van der Waals surface area (Å²) in [6, 6.07) is 1.66. The van der Waals surface area contributed by atoms with E-state index in [2.05, 4.69) is 15.6 Å². The van der Waals surface area contributed by atoms with Gasteiger partial charge in [0.25, 0.3) is 0 Å². The summed E-state index contributed by atoms with van der Waals surface area (Å²) in [5.41, 5.74) is 0.731. The lowest BCUT2D eigenvalue weighted by Gasteiger charge is -2.22. The standard InChI is InChI=1S/C12H18N4O2/c1-9-2-7-14-12(11(9)16(17)18)15-8-10-3-5-13-6-4-10/h2,7,10,13H,3-6,8H2,1H3,(H,14,15). The minimum absolute atomic E-state index is 0.0893. The molecule has 0 aromatic carbocycles. The number of rotatable bonds is 4. The van der Waals surface area contributed by atoms with E-state index in [9.17, 15) is 10.1 Å². The van der Waals surface area contributed by atoms with Crippen LogP contribution in [0.4, 0.5) is 11.5 Å². The lowest BCUT2D eigenvalue weighted by atomic mass is 9.98. The Bertz CT molecular complexity index is 430. The minimum atomic E-state index is -0.368. The Hall–Kier alpha value is -1.69. The molecule has 1 aromatic heterocycles. The van der Waals surface area contributed by atoms with Crippen LogP contribution in [0.15, 0.2) is 12.3 Å². The van der Waals surface area contributed by atoms with Gasteiger partial charge in [-0.1, -0.05) is 0 Å². The SMILES string of the molecule is Cc1ccnc(NCC2CCNCC2)c1[N+](=O)[O-]. The first-order valence-corrected chi connectivity index (χ1v) is 6.23. The molecule has 1 aliphatic rings. The number of nitrogens with zero attached hydrogens (tertiary/aromatic N) is 2. The number of pyridine rings is 1. The number of aromatic nitrogens is 1. The summed E-state index contributed by atoms with van der Waals surface area (Å²) in [6.07, 6.45) is 3.81. The highest BCUT2D eigenvalue weighted by atomic mass is 16.6. The third-order valence-electron chi connectivity index (χ3n) is 3.33. The fraction of sp³-hybridized carbons (Fsp3) is 0.583. The van der Waals surface area contributed by atoms with E-state index < -0.39 is 0 Å². The number of anilines is 1. The zero-order chi connectivity index (χ0) is 13.0. The van der Waals surface area contributed by atoms with Crippen LogP contribution in [0, 0.1) is 23.0 Å². The molecule has 0 aliphatic carbocycles. The first kappa shape index (κ1) is 12.8. The number of hydrogen-bond donors (Lipinski definition) is 2. The predicted molar refractivity (Wildman–Crippen MR) is 69.7 cm³/mol. The number of piperidine rings is 1. The third-order valence-corrected chi connectivity index (χ3v) is 3.33. The predicted octanol–water partition coefficient (Wildman–Crippen LogP) is 1.71. The molecule has 0 unspecified atom stereocenters. The van der Waals surface area contributed by atoms with E-state index in [0.717, 1.165) is 32.5 Å². The molecule has 2 heterocycles. The third kappa shape index (κ3) is 2.95. The van der Waals surface area contributed by atoms with Gasteiger partial charge in [-0.2, -0.15) is 0 Å². The Morgan fingerprint density at radius 1 is 1.56 bits per heavy atom. The maximum atomic E-state index is 11.0. The van der Waals surface area contributed by atoms with Crippen molar-refractivity contribution in [1.29, 1.82) is 0 Å². The Morgan fingerprint density at radius 3 is 2.94 bits per heavy atom. The fourth-order valence-electron chi connectivity index (χ4n) is 2.24. The molecule has 6 heteroatoms. The molecular formula is C12H18N4O2. The van der Waals surface area contributed by atoms with Gasteiger partial charge >= 0.3 is 5.69 Å². The van der Waals surface area contributed by atoms with Crippen molar-refractivity contribution in [2.24, 2.45) is 5.92 Å². The quantitative estimate of drug-likeness (QED) is 0.628. The van der Waals surface area contributed by atoms with Gasteiger partial charge in [-0.3, -0.25) is 10.1 Å². The van der Waals surface area contributed by atoms with E-state index in [1.807, 2.05) is 0 Å². The van der Waals surface area contributed by atoms with Crippen LogP contribution in [0.5, 0.6) is 0 Å². The van der Waals surface area contributed by atoms with Gasteiger partial charge in [0.15, 0.2) is 0 Å². The van der Waals surface area contributed by atoms with Gasteiger partial charge in [-0.25, -0.2) is 4.98 Å². The van der Waals surface area contributed by atoms with Gasteiger partial charge in [-0.05, 0) is 44.8 Å². The second-order valence-electron chi connectivity index (χ2n) is 4.66. The first-order chi connectivity index (χ1) is 8.68. The molecule has 1 fully saturated rings. The lowest BCUT2D eigenvalue weighted by molar-refractivity contribution is -0.384. The van der Waals surface area contributed by atoms with E-state index in [4.69, 9.17) is 0 Å². The molecule has 1 aliphatic heterocycles. The van der Waals surface area contributed by atoms with Crippen LogP contribution in [0.1, 0.15) is 18.4 Å². The molecule has 0 saturated carbocycles. The highest BCUT2D eigenvalue weighted by Crippen LogP contribution is 2.26. The van der Waals surface area contributed by atoms with Gasteiger partial charge in [0, 0.05) is 18.3 Å². The molecule has 18 heavy (non-hydrogen) atoms. The molecule has 0 radical (unpaired) electrons. The van der Waals surface area contributed by atoms with Crippen molar-refractivity contribution in [3.8, 4) is 0 Å². The Labute approximate surface area is 106 Å². The Balaban J connectivity index is 2.04. The molecule has 0 atom stereocenters. The summed E-state index contributed by atoms with van der Waals surface area (Å²) in [7, 11) is 0. The molecular weight excluding hydrogens is 232 g/mol. The second kappa shape index (κ2) is 5.77. The van der Waals surface area contributed by atoms with Crippen LogP contribution in [0.2, 0.25) is 0 Å². The monoisotopic (exact) mass is 250 g/mol. The van der Waals surface area contributed by atoms with Crippen LogP contribution < -0.4 is 10.6 Å². The molecule has 0 bridgehead atoms. The maximum absolute atomic E-state index is 11.0. The Morgan fingerprint density at radius 2 is 2.28 bits per heavy atom. The summed E-state index contributed by atoms with van der Waals surface area (Å²) in [5.74, 6) is 0.951. The van der Waals surface area contributed by atoms with Crippen LogP contribution in [0.25, 0.3) is 0 Å². The molecule has 6 nitrogen and oxygen atoms in total. The van der Waals surface area contributed by atoms with Crippen LogP contribution in [0.3, 0.4) is 0 Å². The maximum Gasteiger partial charge on any atom is 0.314 e. The van der Waals surface area contributed by atoms with Crippen molar-refractivity contribution < 1.29 is 4.92 Å². The van der Waals surface area contributed by atoms with E-state index in [1.54, 1.807) is 19.2 Å². The van der Waals surface area contributed by atoms with Crippen molar-refractivity contribution in [3.05, 3.63) is 27.9 Å². The fourth-order valence-corrected chi connectivity index (χ4v) is 2.24. The van der Waals surface area contributed by atoms with Crippen molar-refractivity contribution in [2.45, 2.75) is 19.8 Å². The van der Waals surface area contributed by atoms with Crippen LogP contribution >= 0.6 is 0 Å².